The third-order valence-electron chi connectivity index (χ3n) is 4.61. The van der Waals surface area contributed by atoms with Gasteiger partial charge in [0.25, 0.3) is 0 Å². The predicted molar refractivity (Wildman–Crippen MR) is 94.9 cm³/mol. The summed E-state index contributed by atoms with van der Waals surface area (Å²) in [6.45, 7) is 3.89. The van der Waals surface area contributed by atoms with Crippen LogP contribution < -0.4 is 9.46 Å². The van der Waals surface area contributed by atoms with Crippen LogP contribution in [0.25, 0.3) is 0 Å². The van der Waals surface area contributed by atoms with Crippen molar-refractivity contribution in [2.45, 2.75) is 56.6 Å². The maximum atomic E-state index is 12.6. The van der Waals surface area contributed by atoms with Crippen LogP contribution in [0, 0.1) is 13.8 Å². The van der Waals surface area contributed by atoms with Crippen LogP contribution in [0.4, 0.5) is 0 Å². The summed E-state index contributed by atoms with van der Waals surface area (Å²) in [5.74, 6) is 0.515. The maximum Gasteiger partial charge on any atom is 0.240 e. The number of hydrogen-bond donors (Lipinski definition) is 1. The van der Waals surface area contributed by atoms with E-state index in [0.717, 1.165) is 36.8 Å². The summed E-state index contributed by atoms with van der Waals surface area (Å²) < 4.78 is 33.8. The number of ether oxygens (including phenoxy) is 1. The van der Waals surface area contributed by atoms with E-state index in [0.29, 0.717) is 10.8 Å². The Morgan fingerprint density at radius 3 is 2.48 bits per heavy atom. The molecule has 3 rings (SSSR count). The Kier molecular flexibility index (Phi) is 5.34. The molecule has 25 heavy (non-hydrogen) atoms. The molecule has 2 aromatic rings. The number of aryl methyl sites for hydroxylation is 2. The van der Waals surface area contributed by atoms with Crippen LogP contribution in [0.2, 0.25) is 0 Å². The molecular weight excluding hydrogens is 338 g/mol. The molecule has 0 amide bonds. The molecule has 1 heterocycles. The second-order valence-corrected chi connectivity index (χ2v) is 8.22. The molecular formula is C18H23N3O3S. The zero-order valence-electron chi connectivity index (χ0n) is 14.5. The molecule has 1 aromatic heterocycles. The SMILES string of the molecule is Cc1ccc(S(=O)(=O)NC2CCC(Oc3cnccn3)CC2)cc1C. The summed E-state index contributed by atoms with van der Waals surface area (Å²) in [6, 6.07) is 5.16. The fourth-order valence-corrected chi connectivity index (χ4v) is 4.37. The highest BCUT2D eigenvalue weighted by Gasteiger charge is 2.27. The van der Waals surface area contributed by atoms with Gasteiger partial charge in [-0.1, -0.05) is 6.07 Å². The normalized spacial score (nSPS) is 21.0. The Labute approximate surface area is 148 Å². The lowest BCUT2D eigenvalue weighted by Gasteiger charge is -2.29. The van der Waals surface area contributed by atoms with E-state index in [1.807, 2.05) is 19.9 Å². The lowest BCUT2D eigenvalue weighted by Crippen LogP contribution is -2.39. The first-order valence-corrected chi connectivity index (χ1v) is 9.94. The Balaban J connectivity index is 1.57. The molecule has 1 aromatic carbocycles. The second-order valence-electron chi connectivity index (χ2n) is 6.50. The van der Waals surface area contributed by atoms with E-state index in [1.165, 1.54) is 0 Å². The molecule has 0 saturated heterocycles. The Hall–Kier alpha value is -1.99. The van der Waals surface area contributed by atoms with Gasteiger partial charge in [0, 0.05) is 18.4 Å². The van der Waals surface area contributed by atoms with Crippen LogP contribution in [-0.4, -0.2) is 30.5 Å². The monoisotopic (exact) mass is 361 g/mol. The van der Waals surface area contributed by atoms with E-state index in [2.05, 4.69) is 14.7 Å². The van der Waals surface area contributed by atoms with E-state index >= 15 is 0 Å². The molecule has 0 unspecified atom stereocenters. The summed E-state index contributed by atoms with van der Waals surface area (Å²) in [7, 11) is -3.49. The van der Waals surface area contributed by atoms with Gasteiger partial charge in [0.05, 0.1) is 11.1 Å². The Morgan fingerprint density at radius 1 is 1.08 bits per heavy atom. The number of benzene rings is 1. The van der Waals surface area contributed by atoms with Crippen LogP contribution in [0.3, 0.4) is 0 Å². The number of hydrogen-bond acceptors (Lipinski definition) is 5. The van der Waals surface area contributed by atoms with E-state index in [1.54, 1.807) is 30.7 Å². The minimum absolute atomic E-state index is 0.0547. The molecule has 1 aliphatic carbocycles. The van der Waals surface area contributed by atoms with E-state index in [4.69, 9.17) is 4.74 Å². The highest BCUT2D eigenvalue weighted by Crippen LogP contribution is 2.24. The standard InChI is InChI=1S/C18H23N3O3S/c1-13-3-8-17(11-14(13)2)25(22,23)21-15-4-6-16(7-5-15)24-18-12-19-9-10-20-18/h3,8-12,15-16,21H,4-7H2,1-2H3. The van der Waals surface area contributed by atoms with Crippen molar-refractivity contribution in [3.05, 3.63) is 47.9 Å². The van der Waals surface area contributed by atoms with Gasteiger partial charge in [0.15, 0.2) is 0 Å². The highest BCUT2D eigenvalue weighted by molar-refractivity contribution is 7.89. The molecule has 0 atom stereocenters. The van der Waals surface area contributed by atoms with Gasteiger partial charge < -0.3 is 4.74 Å². The van der Waals surface area contributed by atoms with Crippen LogP contribution in [0.15, 0.2) is 41.7 Å². The van der Waals surface area contributed by atoms with Crippen LogP contribution in [-0.2, 0) is 10.0 Å². The summed E-state index contributed by atoms with van der Waals surface area (Å²) in [5, 5.41) is 0. The zero-order valence-corrected chi connectivity index (χ0v) is 15.3. The van der Waals surface area contributed by atoms with Gasteiger partial charge in [0.1, 0.15) is 6.10 Å². The molecule has 1 aliphatic rings. The van der Waals surface area contributed by atoms with Crippen molar-refractivity contribution in [1.82, 2.24) is 14.7 Å². The van der Waals surface area contributed by atoms with Gasteiger partial charge >= 0.3 is 0 Å². The first kappa shape index (κ1) is 17.8. The molecule has 0 aliphatic heterocycles. The predicted octanol–water partition coefficient (Wildman–Crippen LogP) is 2.76. The fourth-order valence-electron chi connectivity index (χ4n) is 2.98. The summed E-state index contributed by atoms with van der Waals surface area (Å²) in [5.41, 5.74) is 2.06. The topological polar surface area (TPSA) is 81.2 Å². The van der Waals surface area contributed by atoms with Crippen LogP contribution in [0.5, 0.6) is 5.88 Å². The van der Waals surface area contributed by atoms with Crippen molar-refractivity contribution in [1.29, 1.82) is 0 Å². The van der Waals surface area contributed by atoms with E-state index in [-0.39, 0.29) is 12.1 Å². The smallest absolute Gasteiger partial charge is 0.240 e. The first-order valence-electron chi connectivity index (χ1n) is 8.46. The third-order valence-corrected chi connectivity index (χ3v) is 6.13. The molecule has 1 N–H and O–H groups in total. The average Bonchev–Trinajstić information content (AvgIpc) is 2.60. The van der Waals surface area contributed by atoms with Gasteiger partial charge in [0.2, 0.25) is 15.9 Å². The van der Waals surface area contributed by atoms with Gasteiger partial charge in [-0.2, -0.15) is 0 Å². The minimum Gasteiger partial charge on any atom is -0.473 e. The highest BCUT2D eigenvalue weighted by atomic mass is 32.2. The molecule has 1 saturated carbocycles. The molecule has 134 valence electrons. The number of sulfonamides is 1. The number of nitrogens with zero attached hydrogens (tertiary/aromatic N) is 2. The molecule has 0 spiro atoms. The van der Waals surface area contributed by atoms with Gasteiger partial charge in [-0.25, -0.2) is 18.1 Å². The van der Waals surface area contributed by atoms with Gasteiger partial charge in [-0.3, -0.25) is 4.98 Å². The second kappa shape index (κ2) is 7.49. The number of aromatic nitrogens is 2. The van der Waals surface area contributed by atoms with Crippen molar-refractivity contribution in [3.8, 4) is 5.88 Å². The third kappa shape index (κ3) is 4.55. The summed E-state index contributed by atoms with van der Waals surface area (Å²) >= 11 is 0. The van der Waals surface area contributed by atoms with Gasteiger partial charge in [-0.15, -0.1) is 0 Å². The Morgan fingerprint density at radius 2 is 1.84 bits per heavy atom. The fraction of sp³-hybridized carbons (Fsp3) is 0.444. The Bertz CT molecular complexity index is 817. The first-order chi connectivity index (χ1) is 11.9. The molecule has 0 radical (unpaired) electrons. The minimum atomic E-state index is -3.49. The maximum absolute atomic E-state index is 12.6. The summed E-state index contributed by atoms with van der Waals surface area (Å²) in [6.07, 6.45) is 7.91. The van der Waals surface area contributed by atoms with Crippen LogP contribution in [0.1, 0.15) is 36.8 Å². The van der Waals surface area contributed by atoms with Crippen molar-refractivity contribution < 1.29 is 13.2 Å². The number of rotatable bonds is 5. The summed E-state index contributed by atoms with van der Waals surface area (Å²) in [4.78, 5) is 8.42. The average molecular weight is 361 g/mol. The molecule has 6 nitrogen and oxygen atoms in total. The lowest BCUT2D eigenvalue weighted by atomic mass is 9.94. The van der Waals surface area contributed by atoms with Crippen molar-refractivity contribution >= 4 is 10.0 Å². The number of nitrogens with one attached hydrogen (secondary N) is 1. The zero-order chi connectivity index (χ0) is 17.9. The molecule has 0 bridgehead atoms. The van der Waals surface area contributed by atoms with E-state index in [9.17, 15) is 8.42 Å². The van der Waals surface area contributed by atoms with Crippen molar-refractivity contribution in [2.24, 2.45) is 0 Å². The quantitative estimate of drug-likeness (QED) is 0.886. The van der Waals surface area contributed by atoms with Crippen molar-refractivity contribution in [3.63, 3.8) is 0 Å². The van der Waals surface area contributed by atoms with Gasteiger partial charge in [-0.05, 0) is 62.8 Å². The molecule has 7 heteroatoms. The van der Waals surface area contributed by atoms with Crippen molar-refractivity contribution in [2.75, 3.05) is 0 Å². The van der Waals surface area contributed by atoms with E-state index < -0.39 is 10.0 Å². The lowest BCUT2D eigenvalue weighted by molar-refractivity contribution is 0.138. The van der Waals surface area contributed by atoms with Crippen LogP contribution >= 0.6 is 0 Å². The largest absolute Gasteiger partial charge is 0.473 e. The molecule has 1 fully saturated rings.